The smallest absolute Gasteiger partial charge is 0.134 e. The van der Waals surface area contributed by atoms with Gasteiger partial charge < -0.3 is 14.9 Å². The Morgan fingerprint density at radius 2 is 2.00 bits per heavy atom. The summed E-state index contributed by atoms with van der Waals surface area (Å²) in [5.74, 6) is 1.21. The monoisotopic (exact) mass is 283 g/mol. The van der Waals surface area contributed by atoms with Gasteiger partial charge in [0.15, 0.2) is 0 Å². The van der Waals surface area contributed by atoms with Gasteiger partial charge in [-0.15, -0.1) is 0 Å². The van der Waals surface area contributed by atoms with Crippen molar-refractivity contribution < 1.29 is 13.5 Å². The van der Waals surface area contributed by atoms with Crippen molar-refractivity contribution in [3.8, 4) is 5.75 Å². The minimum atomic E-state index is -0.382. The molecule has 0 saturated heterocycles. The van der Waals surface area contributed by atoms with Gasteiger partial charge in [-0.25, -0.2) is 4.39 Å². The van der Waals surface area contributed by atoms with Crippen LogP contribution in [0.1, 0.15) is 17.4 Å². The van der Waals surface area contributed by atoms with Crippen LogP contribution in [-0.4, -0.2) is 6.10 Å². The molecular weight excluding hydrogens is 269 g/mol. The maximum Gasteiger partial charge on any atom is 0.134 e. The van der Waals surface area contributed by atoms with E-state index in [1.54, 1.807) is 12.1 Å². The fourth-order valence-corrected chi connectivity index (χ4v) is 2.79. The Balaban J connectivity index is 1.64. The molecular formula is C17H14FNO2. The van der Waals surface area contributed by atoms with E-state index in [0.29, 0.717) is 11.3 Å². The van der Waals surface area contributed by atoms with Crippen molar-refractivity contribution in [2.75, 3.05) is 0 Å². The van der Waals surface area contributed by atoms with Gasteiger partial charge in [0.2, 0.25) is 0 Å². The minimum absolute atomic E-state index is 0.159. The normalized spacial score (nSPS) is 18.5. The van der Waals surface area contributed by atoms with E-state index in [9.17, 15) is 4.39 Å². The van der Waals surface area contributed by atoms with Gasteiger partial charge in [0, 0.05) is 11.8 Å². The van der Waals surface area contributed by atoms with Crippen molar-refractivity contribution in [3.63, 3.8) is 0 Å². The third kappa shape index (κ3) is 2.08. The van der Waals surface area contributed by atoms with E-state index >= 15 is 0 Å². The molecule has 0 aliphatic carbocycles. The van der Waals surface area contributed by atoms with Gasteiger partial charge in [-0.3, -0.25) is 0 Å². The number of hydrogen-bond donors (Lipinski definition) is 1. The van der Waals surface area contributed by atoms with Crippen LogP contribution in [-0.2, 0) is 6.42 Å². The van der Waals surface area contributed by atoms with E-state index in [1.165, 1.54) is 12.1 Å². The zero-order valence-electron chi connectivity index (χ0n) is 11.3. The molecule has 2 N–H and O–H groups in total. The zero-order valence-corrected chi connectivity index (χ0v) is 11.3. The third-order valence-corrected chi connectivity index (χ3v) is 3.90. The minimum Gasteiger partial charge on any atom is -0.488 e. The summed E-state index contributed by atoms with van der Waals surface area (Å²) in [6.07, 6.45) is 0.593. The zero-order chi connectivity index (χ0) is 14.4. The highest BCUT2D eigenvalue weighted by Crippen LogP contribution is 2.34. The van der Waals surface area contributed by atoms with Crippen LogP contribution >= 0.6 is 0 Å². The van der Waals surface area contributed by atoms with Crippen LogP contribution in [0.2, 0.25) is 0 Å². The van der Waals surface area contributed by atoms with Crippen molar-refractivity contribution in [2.45, 2.75) is 18.6 Å². The second-order valence-electron chi connectivity index (χ2n) is 5.32. The maximum atomic E-state index is 13.2. The highest BCUT2D eigenvalue weighted by molar-refractivity contribution is 5.78. The van der Waals surface area contributed by atoms with Gasteiger partial charge in [0.1, 0.15) is 35.1 Å². The lowest BCUT2D eigenvalue weighted by Crippen LogP contribution is -2.29. The molecule has 2 heterocycles. The van der Waals surface area contributed by atoms with Gasteiger partial charge >= 0.3 is 0 Å². The van der Waals surface area contributed by atoms with E-state index in [-0.39, 0.29) is 18.0 Å². The first-order valence-corrected chi connectivity index (χ1v) is 6.90. The highest BCUT2D eigenvalue weighted by atomic mass is 19.1. The molecule has 2 atom stereocenters. The summed E-state index contributed by atoms with van der Waals surface area (Å²) in [6.45, 7) is 0. The molecule has 4 rings (SSSR count). The largest absolute Gasteiger partial charge is 0.488 e. The lowest BCUT2D eigenvalue weighted by molar-refractivity contribution is 0.188. The Bertz CT molecular complexity index is 786. The quantitative estimate of drug-likeness (QED) is 0.782. The molecule has 21 heavy (non-hydrogen) atoms. The second kappa shape index (κ2) is 4.60. The van der Waals surface area contributed by atoms with E-state index in [0.717, 1.165) is 23.1 Å². The summed E-state index contributed by atoms with van der Waals surface area (Å²) in [6, 6.07) is 13.7. The summed E-state index contributed by atoms with van der Waals surface area (Å²) in [4.78, 5) is 0. The standard InChI is InChI=1S/C17H14FNO2/c18-12-5-6-14-11(7-12)9-16(21-14)17(19)15-8-10-3-1-2-4-13(10)20-15/h1-7,9,15,17H,8,19H2. The van der Waals surface area contributed by atoms with Crippen LogP contribution in [0.4, 0.5) is 4.39 Å². The van der Waals surface area contributed by atoms with Crippen LogP contribution in [0.25, 0.3) is 11.0 Å². The number of halogens is 1. The van der Waals surface area contributed by atoms with Crippen LogP contribution in [0, 0.1) is 5.82 Å². The molecule has 4 heteroatoms. The van der Waals surface area contributed by atoms with Crippen LogP contribution < -0.4 is 10.5 Å². The molecule has 1 aromatic heterocycles. The van der Waals surface area contributed by atoms with Gasteiger partial charge in [0.25, 0.3) is 0 Å². The van der Waals surface area contributed by atoms with E-state index < -0.39 is 0 Å². The molecule has 0 bridgehead atoms. The van der Waals surface area contributed by atoms with Gasteiger partial charge in [0.05, 0.1) is 0 Å². The first-order chi connectivity index (χ1) is 10.2. The van der Waals surface area contributed by atoms with Crippen molar-refractivity contribution in [3.05, 3.63) is 65.7 Å². The van der Waals surface area contributed by atoms with Crippen LogP contribution in [0.15, 0.2) is 52.9 Å². The molecule has 2 unspecified atom stereocenters. The van der Waals surface area contributed by atoms with E-state index in [1.807, 2.05) is 24.3 Å². The number of nitrogens with two attached hydrogens (primary N) is 1. The van der Waals surface area contributed by atoms with Crippen molar-refractivity contribution in [2.24, 2.45) is 5.73 Å². The summed E-state index contributed by atoms with van der Waals surface area (Å²) in [5.41, 5.74) is 8.06. The third-order valence-electron chi connectivity index (χ3n) is 3.90. The molecule has 1 aliphatic heterocycles. The molecule has 3 aromatic rings. The number of furan rings is 1. The lowest BCUT2D eigenvalue weighted by atomic mass is 10.0. The van der Waals surface area contributed by atoms with Gasteiger partial charge in [-0.2, -0.15) is 0 Å². The summed E-state index contributed by atoms with van der Waals surface area (Å²) < 4.78 is 24.8. The molecule has 2 aromatic carbocycles. The Labute approximate surface area is 121 Å². The highest BCUT2D eigenvalue weighted by Gasteiger charge is 2.30. The molecule has 0 amide bonds. The fourth-order valence-electron chi connectivity index (χ4n) is 2.79. The molecule has 0 fully saturated rings. The van der Waals surface area contributed by atoms with E-state index in [4.69, 9.17) is 14.9 Å². The summed E-state index contributed by atoms with van der Waals surface area (Å²) >= 11 is 0. The lowest BCUT2D eigenvalue weighted by Gasteiger charge is -2.16. The average molecular weight is 283 g/mol. The first kappa shape index (κ1) is 12.4. The van der Waals surface area contributed by atoms with E-state index in [2.05, 4.69) is 0 Å². The molecule has 0 saturated carbocycles. The number of fused-ring (bicyclic) bond motifs is 2. The number of ether oxygens (including phenoxy) is 1. The van der Waals surface area contributed by atoms with Gasteiger partial charge in [-0.1, -0.05) is 18.2 Å². The Morgan fingerprint density at radius 3 is 2.86 bits per heavy atom. The predicted octanol–water partition coefficient (Wildman–Crippen LogP) is 3.58. The Morgan fingerprint density at radius 1 is 1.14 bits per heavy atom. The molecule has 0 radical (unpaired) electrons. The predicted molar refractivity (Wildman–Crippen MR) is 77.7 cm³/mol. The molecule has 106 valence electrons. The summed E-state index contributed by atoms with van der Waals surface area (Å²) in [5, 5.41) is 0.718. The average Bonchev–Trinajstić information content (AvgIpc) is 3.09. The molecule has 0 spiro atoms. The molecule has 3 nitrogen and oxygen atoms in total. The summed E-state index contributed by atoms with van der Waals surface area (Å²) in [7, 11) is 0. The van der Waals surface area contributed by atoms with Crippen molar-refractivity contribution in [1.29, 1.82) is 0 Å². The van der Waals surface area contributed by atoms with Crippen LogP contribution in [0.3, 0.4) is 0 Å². The first-order valence-electron chi connectivity index (χ1n) is 6.90. The fraction of sp³-hybridized carbons (Fsp3) is 0.176. The number of benzene rings is 2. The SMILES string of the molecule is NC(c1cc2cc(F)ccc2o1)C1Cc2ccccc2O1. The topological polar surface area (TPSA) is 48.4 Å². The molecule has 1 aliphatic rings. The van der Waals surface area contributed by atoms with Crippen molar-refractivity contribution >= 4 is 11.0 Å². The van der Waals surface area contributed by atoms with Crippen LogP contribution in [0.5, 0.6) is 5.75 Å². The second-order valence-corrected chi connectivity index (χ2v) is 5.32. The number of rotatable bonds is 2. The van der Waals surface area contributed by atoms with Gasteiger partial charge in [-0.05, 0) is 35.9 Å². The Kier molecular flexibility index (Phi) is 2.72. The Hall–Kier alpha value is -2.33. The number of hydrogen-bond acceptors (Lipinski definition) is 3. The maximum absolute atomic E-state index is 13.2. The number of para-hydroxylation sites is 1. The van der Waals surface area contributed by atoms with Crippen molar-refractivity contribution in [1.82, 2.24) is 0 Å².